The molecule has 0 atom stereocenters. The van der Waals surface area contributed by atoms with Crippen LogP contribution in [0.5, 0.6) is 0 Å². The quantitative estimate of drug-likeness (QED) is 0.605. The molecule has 1 aromatic carbocycles. The summed E-state index contributed by atoms with van der Waals surface area (Å²) in [5, 5.41) is 20.1. The molecule has 0 unspecified atom stereocenters. The number of nitro benzene ring substituents is 1. The van der Waals surface area contributed by atoms with E-state index in [1.54, 1.807) is 4.90 Å². The number of rotatable bonds is 3. The molecule has 0 saturated carbocycles. The van der Waals surface area contributed by atoms with Crippen molar-refractivity contribution in [3.63, 3.8) is 0 Å². The van der Waals surface area contributed by atoms with E-state index in [0.717, 1.165) is 6.26 Å². The molecule has 1 aliphatic heterocycles. The third kappa shape index (κ3) is 3.52. The van der Waals surface area contributed by atoms with Crippen LogP contribution in [0, 0.1) is 21.4 Å². The van der Waals surface area contributed by atoms with Gasteiger partial charge in [-0.1, -0.05) is 0 Å². The molecule has 0 amide bonds. The minimum absolute atomic E-state index is 0.0770. The second kappa shape index (κ2) is 6.29. The van der Waals surface area contributed by atoms with Crippen LogP contribution in [0.25, 0.3) is 0 Å². The minimum Gasteiger partial charge on any atom is -0.365 e. The second-order valence-electron chi connectivity index (χ2n) is 5.08. The van der Waals surface area contributed by atoms with Crippen LogP contribution in [0.3, 0.4) is 0 Å². The number of nitro groups is 1. The summed E-state index contributed by atoms with van der Waals surface area (Å²) in [5.74, 6) is 0. The van der Waals surface area contributed by atoms with E-state index in [9.17, 15) is 18.5 Å². The smallest absolute Gasteiger partial charge is 0.292 e. The molecular weight excluding hydrogens is 308 g/mol. The fourth-order valence-electron chi connectivity index (χ4n) is 2.47. The zero-order valence-electron chi connectivity index (χ0n) is 12.1. The molecule has 1 aromatic rings. The third-order valence-corrected chi connectivity index (χ3v) is 4.87. The summed E-state index contributed by atoms with van der Waals surface area (Å²) in [5.41, 5.74) is 0.621. The molecular formula is C13H16N4O4S. The van der Waals surface area contributed by atoms with E-state index in [1.165, 1.54) is 22.5 Å². The molecule has 0 N–H and O–H groups in total. The Morgan fingerprint density at radius 2 is 2.00 bits per heavy atom. The highest BCUT2D eigenvalue weighted by Crippen LogP contribution is 2.30. The Labute approximate surface area is 128 Å². The van der Waals surface area contributed by atoms with Crippen LogP contribution in [-0.4, -0.2) is 50.1 Å². The fourth-order valence-corrected chi connectivity index (χ4v) is 3.34. The van der Waals surface area contributed by atoms with Crippen molar-refractivity contribution in [2.75, 3.05) is 37.3 Å². The fraction of sp³-hybridized carbons (Fsp3) is 0.462. The van der Waals surface area contributed by atoms with Gasteiger partial charge in [-0.15, -0.1) is 0 Å². The highest BCUT2D eigenvalue weighted by molar-refractivity contribution is 7.88. The largest absolute Gasteiger partial charge is 0.365 e. The molecule has 0 radical (unpaired) electrons. The van der Waals surface area contributed by atoms with Crippen LogP contribution in [0.15, 0.2) is 18.2 Å². The van der Waals surface area contributed by atoms with Crippen molar-refractivity contribution in [1.29, 1.82) is 5.26 Å². The molecule has 8 nitrogen and oxygen atoms in total. The van der Waals surface area contributed by atoms with Crippen molar-refractivity contribution in [1.82, 2.24) is 4.31 Å². The van der Waals surface area contributed by atoms with Crippen LogP contribution in [-0.2, 0) is 10.0 Å². The second-order valence-corrected chi connectivity index (χ2v) is 7.06. The van der Waals surface area contributed by atoms with Gasteiger partial charge in [0, 0.05) is 32.2 Å². The lowest BCUT2D eigenvalue weighted by Gasteiger charge is -2.22. The molecule has 2 rings (SSSR count). The number of nitrogens with zero attached hydrogens (tertiary/aromatic N) is 4. The summed E-state index contributed by atoms with van der Waals surface area (Å²) in [6.07, 6.45) is 1.72. The first-order valence-corrected chi connectivity index (χ1v) is 8.56. The Kier molecular flexibility index (Phi) is 4.63. The van der Waals surface area contributed by atoms with E-state index < -0.39 is 14.9 Å². The number of nitriles is 1. The van der Waals surface area contributed by atoms with Crippen LogP contribution < -0.4 is 4.90 Å². The molecule has 1 fully saturated rings. The monoisotopic (exact) mass is 324 g/mol. The number of hydrogen-bond acceptors (Lipinski definition) is 6. The highest BCUT2D eigenvalue weighted by Gasteiger charge is 2.25. The van der Waals surface area contributed by atoms with E-state index >= 15 is 0 Å². The summed E-state index contributed by atoms with van der Waals surface area (Å²) in [4.78, 5) is 12.4. The van der Waals surface area contributed by atoms with Crippen molar-refractivity contribution in [2.24, 2.45) is 0 Å². The molecule has 1 heterocycles. The van der Waals surface area contributed by atoms with Gasteiger partial charge in [0.15, 0.2) is 0 Å². The first-order valence-electron chi connectivity index (χ1n) is 6.71. The average molecular weight is 324 g/mol. The summed E-state index contributed by atoms with van der Waals surface area (Å²) in [7, 11) is -3.27. The van der Waals surface area contributed by atoms with E-state index in [4.69, 9.17) is 5.26 Å². The van der Waals surface area contributed by atoms with Crippen LogP contribution in [0.1, 0.15) is 12.0 Å². The SMILES string of the molecule is CS(=O)(=O)N1CCCN(c2cc(C#N)ccc2[N+](=O)[O-])CC1. The molecule has 0 aliphatic carbocycles. The molecule has 22 heavy (non-hydrogen) atoms. The maximum Gasteiger partial charge on any atom is 0.292 e. The van der Waals surface area contributed by atoms with Gasteiger partial charge in [0.2, 0.25) is 10.0 Å². The number of anilines is 1. The number of hydrogen-bond donors (Lipinski definition) is 0. The van der Waals surface area contributed by atoms with Crippen LogP contribution in [0.2, 0.25) is 0 Å². The van der Waals surface area contributed by atoms with E-state index in [-0.39, 0.29) is 12.2 Å². The zero-order chi connectivity index (χ0) is 16.3. The molecule has 1 saturated heterocycles. The lowest BCUT2D eigenvalue weighted by atomic mass is 10.1. The lowest BCUT2D eigenvalue weighted by Crippen LogP contribution is -2.34. The molecule has 0 aromatic heterocycles. The predicted octanol–water partition coefficient (Wildman–Crippen LogP) is 0.938. The Morgan fingerprint density at radius 3 is 2.59 bits per heavy atom. The van der Waals surface area contributed by atoms with Crippen LogP contribution in [0.4, 0.5) is 11.4 Å². The lowest BCUT2D eigenvalue weighted by molar-refractivity contribution is -0.384. The van der Waals surface area contributed by atoms with Gasteiger partial charge in [0.1, 0.15) is 5.69 Å². The van der Waals surface area contributed by atoms with E-state index in [1.807, 2.05) is 6.07 Å². The Morgan fingerprint density at radius 1 is 1.27 bits per heavy atom. The number of benzene rings is 1. The van der Waals surface area contributed by atoms with E-state index in [0.29, 0.717) is 37.3 Å². The standard InChI is InChI=1S/C13H16N4O4S/c1-22(20,21)16-6-2-5-15(7-8-16)13-9-11(10-14)3-4-12(13)17(18)19/h3-4,9H,2,5-8H2,1H3. The normalized spacial score (nSPS) is 16.8. The summed E-state index contributed by atoms with van der Waals surface area (Å²) in [6, 6.07) is 6.16. The van der Waals surface area contributed by atoms with Gasteiger partial charge in [-0.05, 0) is 18.6 Å². The van der Waals surface area contributed by atoms with Crippen molar-refractivity contribution in [3.05, 3.63) is 33.9 Å². The maximum absolute atomic E-state index is 11.6. The summed E-state index contributed by atoms with van der Waals surface area (Å²) >= 11 is 0. The predicted molar refractivity (Wildman–Crippen MR) is 81.1 cm³/mol. The van der Waals surface area contributed by atoms with Gasteiger partial charge in [-0.25, -0.2) is 12.7 Å². The number of sulfonamides is 1. The van der Waals surface area contributed by atoms with Crippen molar-refractivity contribution < 1.29 is 13.3 Å². The highest BCUT2D eigenvalue weighted by atomic mass is 32.2. The molecule has 1 aliphatic rings. The van der Waals surface area contributed by atoms with E-state index in [2.05, 4.69) is 0 Å². The summed E-state index contributed by atoms with van der Waals surface area (Å²) < 4.78 is 24.6. The molecule has 9 heteroatoms. The molecule has 118 valence electrons. The maximum atomic E-state index is 11.6. The van der Waals surface area contributed by atoms with Crippen molar-refractivity contribution in [3.8, 4) is 6.07 Å². The molecule has 0 bridgehead atoms. The third-order valence-electron chi connectivity index (χ3n) is 3.57. The van der Waals surface area contributed by atoms with Crippen LogP contribution >= 0.6 is 0 Å². The molecule has 0 spiro atoms. The topological polar surface area (TPSA) is 108 Å². The van der Waals surface area contributed by atoms with Crippen molar-refractivity contribution >= 4 is 21.4 Å². The minimum atomic E-state index is -3.27. The van der Waals surface area contributed by atoms with Gasteiger partial charge >= 0.3 is 0 Å². The van der Waals surface area contributed by atoms with Gasteiger partial charge in [-0.2, -0.15) is 5.26 Å². The Bertz CT molecular complexity index is 726. The van der Waals surface area contributed by atoms with Gasteiger partial charge < -0.3 is 4.90 Å². The van der Waals surface area contributed by atoms with Gasteiger partial charge in [0.25, 0.3) is 5.69 Å². The summed E-state index contributed by atoms with van der Waals surface area (Å²) in [6.45, 7) is 1.51. The Hall–Kier alpha value is -2.18. The van der Waals surface area contributed by atoms with Gasteiger partial charge in [-0.3, -0.25) is 10.1 Å². The zero-order valence-corrected chi connectivity index (χ0v) is 12.9. The van der Waals surface area contributed by atoms with Gasteiger partial charge in [0.05, 0.1) is 22.8 Å². The first-order chi connectivity index (χ1) is 10.3. The van der Waals surface area contributed by atoms with Crippen molar-refractivity contribution in [2.45, 2.75) is 6.42 Å². The average Bonchev–Trinajstić information content (AvgIpc) is 2.72. The Balaban J connectivity index is 2.32. The first kappa shape index (κ1) is 16.2.